The zero-order chi connectivity index (χ0) is 20.3. The molecule has 4 fully saturated rings. The summed E-state index contributed by atoms with van der Waals surface area (Å²) in [5.74, 6) is -0.266. The third kappa shape index (κ3) is 2.68. The van der Waals surface area contributed by atoms with Gasteiger partial charge < -0.3 is 9.47 Å². The second-order valence-corrected chi connectivity index (χ2v) is 10.3. The number of Topliss-reactive ketones (excluding diaryl/α,β-unsaturated/α-hetero) is 1. The molecule has 0 heterocycles. The molecule has 0 aromatic carbocycles. The fourth-order valence-corrected chi connectivity index (χ4v) is 7.87. The van der Waals surface area contributed by atoms with E-state index in [-0.39, 0.29) is 17.3 Å². The lowest BCUT2D eigenvalue weighted by Crippen LogP contribution is -2.59. The number of carbonyl (C=O) groups excluding carboxylic acids is 3. The molecule has 5 nitrogen and oxygen atoms in total. The molecule has 0 aliphatic heterocycles. The van der Waals surface area contributed by atoms with Crippen molar-refractivity contribution in [1.82, 2.24) is 0 Å². The fourth-order valence-electron chi connectivity index (χ4n) is 7.87. The maximum absolute atomic E-state index is 13.1. The van der Waals surface area contributed by atoms with Crippen LogP contribution >= 0.6 is 0 Å². The number of fused-ring (bicyclic) bond motifs is 5. The van der Waals surface area contributed by atoms with Gasteiger partial charge in [0.2, 0.25) is 0 Å². The Morgan fingerprint density at radius 2 is 1.54 bits per heavy atom. The monoisotopic (exact) mass is 390 g/mol. The SMILES string of the molecule is CC(=O)OC1(OC(C)=O)CC[C@H]2[C@@H]3CC(=O)C4CCCC[C@]4(C)[C@@H]3CC[C@@]21C. The van der Waals surface area contributed by atoms with Crippen LogP contribution in [-0.2, 0) is 23.9 Å². The number of esters is 2. The Hall–Kier alpha value is -1.39. The van der Waals surface area contributed by atoms with Crippen molar-refractivity contribution >= 4 is 17.7 Å². The summed E-state index contributed by atoms with van der Waals surface area (Å²) < 4.78 is 11.5. The average molecular weight is 391 g/mol. The van der Waals surface area contributed by atoms with E-state index < -0.39 is 23.1 Å². The number of carbonyl (C=O) groups is 3. The molecule has 4 aliphatic rings. The second-order valence-electron chi connectivity index (χ2n) is 10.3. The molecule has 5 heteroatoms. The van der Waals surface area contributed by atoms with Crippen LogP contribution in [0, 0.1) is 34.5 Å². The molecule has 156 valence electrons. The third-order valence-corrected chi connectivity index (χ3v) is 9.03. The van der Waals surface area contributed by atoms with Gasteiger partial charge in [-0.05, 0) is 55.3 Å². The molecule has 28 heavy (non-hydrogen) atoms. The Morgan fingerprint density at radius 1 is 0.893 bits per heavy atom. The smallest absolute Gasteiger partial charge is 0.305 e. The van der Waals surface area contributed by atoms with Crippen molar-refractivity contribution in [3.05, 3.63) is 0 Å². The van der Waals surface area contributed by atoms with Gasteiger partial charge in [0, 0.05) is 38.0 Å². The minimum Gasteiger partial charge on any atom is -0.422 e. The Labute approximate surface area is 167 Å². The molecule has 4 aliphatic carbocycles. The predicted molar refractivity (Wildman–Crippen MR) is 103 cm³/mol. The highest BCUT2D eigenvalue weighted by molar-refractivity contribution is 5.83. The molecule has 0 spiro atoms. The summed E-state index contributed by atoms with van der Waals surface area (Å²) in [4.78, 5) is 36.9. The molecule has 0 saturated heterocycles. The second kappa shape index (κ2) is 6.56. The van der Waals surface area contributed by atoms with E-state index in [1.165, 1.54) is 26.7 Å². The largest absolute Gasteiger partial charge is 0.422 e. The van der Waals surface area contributed by atoms with E-state index in [4.69, 9.17) is 9.47 Å². The van der Waals surface area contributed by atoms with E-state index in [0.717, 1.165) is 32.1 Å². The van der Waals surface area contributed by atoms with Crippen LogP contribution in [0.5, 0.6) is 0 Å². The fraction of sp³-hybridized carbons (Fsp3) is 0.870. The maximum atomic E-state index is 13.1. The minimum absolute atomic E-state index is 0.105. The van der Waals surface area contributed by atoms with Gasteiger partial charge in [-0.3, -0.25) is 14.4 Å². The highest BCUT2D eigenvalue weighted by Gasteiger charge is 2.69. The Morgan fingerprint density at radius 3 is 2.18 bits per heavy atom. The first-order valence-corrected chi connectivity index (χ1v) is 11.0. The van der Waals surface area contributed by atoms with Crippen molar-refractivity contribution in [2.45, 2.75) is 91.3 Å². The van der Waals surface area contributed by atoms with E-state index in [2.05, 4.69) is 13.8 Å². The van der Waals surface area contributed by atoms with Gasteiger partial charge in [0.05, 0.1) is 0 Å². The van der Waals surface area contributed by atoms with Gasteiger partial charge in [-0.15, -0.1) is 0 Å². The number of ether oxygens (including phenoxy) is 2. The zero-order valence-electron chi connectivity index (χ0n) is 17.7. The maximum Gasteiger partial charge on any atom is 0.305 e. The van der Waals surface area contributed by atoms with Crippen molar-refractivity contribution in [2.24, 2.45) is 34.5 Å². The van der Waals surface area contributed by atoms with E-state index >= 15 is 0 Å². The first-order chi connectivity index (χ1) is 13.1. The lowest BCUT2D eigenvalue weighted by molar-refractivity contribution is -0.275. The summed E-state index contributed by atoms with van der Waals surface area (Å²) in [6.07, 6.45) is 8.48. The van der Waals surface area contributed by atoms with Gasteiger partial charge in [0.1, 0.15) is 5.78 Å². The quantitative estimate of drug-likeness (QED) is 0.516. The molecule has 1 unspecified atom stereocenters. The van der Waals surface area contributed by atoms with Gasteiger partial charge in [-0.2, -0.15) is 0 Å². The summed E-state index contributed by atoms with van der Waals surface area (Å²) in [5.41, 5.74) is -0.322. The first-order valence-electron chi connectivity index (χ1n) is 11.0. The average Bonchev–Trinajstić information content (AvgIpc) is 2.86. The topological polar surface area (TPSA) is 69.7 Å². The van der Waals surface area contributed by atoms with Gasteiger partial charge in [0.15, 0.2) is 0 Å². The lowest BCUT2D eigenvalue weighted by Gasteiger charge is -2.60. The molecular weight excluding hydrogens is 356 g/mol. The zero-order valence-corrected chi connectivity index (χ0v) is 17.7. The van der Waals surface area contributed by atoms with Crippen molar-refractivity contribution in [3.63, 3.8) is 0 Å². The van der Waals surface area contributed by atoms with Crippen molar-refractivity contribution < 1.29 is 23.9 Å². The summed E-state index contributed by atoms with van der Waals surface area (Å²) in [7, 11) is 0. The van der Waals surface area contributed by atoms with E-state index in [1.54, 1.807) is 0 Å². The summed E-state index contributed by atoms with van der Waals surface area (Å²) in [5, 5.41) is 0. The molecule has 0 N–H and O–H groups in total. The van der Waals surface area contributed by atoms with Gasteiger partial charge >= 0.3 is 11.9 Å². The first kappa shape index (κ1) is 19.9. The van der Waals surface area contributed by atoms with E-state index in [1.807, 2.05) is 0 Å². The molecule has 0 bridgehead atoms. The van der Waals surface area contributed by atoms with Gasteiger partial charge in [-0.25, -0.2) is 0 Å². The highest BCUT2D eigenvalue weighted by Crippen LogP contribution is 2.68. The Bertz CT molecular complexity index is 683. The normalized spacial score (nSPS) is 44.1. The van der Waals surface area contributed by atoms with Crippen LogP contribution in [0.25, 0.3) is 0 Å². The Kier molecular flexibility index (Phi) is 4.67. The third-order valence-electron chi connectivity index (χ3n) is 9.03. The lowest BCUT2D eigenvalue weighted by atomic mass is 9.45. The summed E-state index contributed by atoms with van der Waals surface area (Å²) in [6, 6.07) is 0. The van der Waals surface area contributed by atoms with Crippen molar-refractivity contribution in [1.29, 1.82) is 0 Å². The molecule has 0 aromatic heterocycles. The van der Waals surface area contributed by atoms with Crippen LogP contribution in [-0.4, -0.2) is 23.5 Å². The van der Waals surface area contributed by atoms with Gasteiger partial charge in [-0.1, -0.05) is 26.7 Å². The Balaban J connectivity index is 1.70. The number of hydrogen-bond acceptors (Lipinski definition) is 5. The molecule has 0 aromatic rings. The predicted octanol–water partition coefficient (Wildman–Crippen LogP) is 4.42. The van der Waals surface area contributed by atoms with Crippen molar-refractivity contribution in [3.8, 4) is 0 Å². The van der Waals surface area contributed by atoms with Gasteiger partial charge in [0.25, 0.3) is 5.79 Å². The minimum atomic E-state index is -1.19. The molecule has 0 amide bonds. The number of ketones is 1. The van der Waals surface area contributed by atoms with Crippen LogP contribution in [0.1, 0.15) is 85.5 Å². The van der Waals surface area contributed by atoms with Crippen LogP contribution in [0.4, 0.5) is 0 Å². The molecule has 0 radical (unpaired) electrons. The van der Waals surface area contributed by atoms with E-state index in [9.17, 15) is 14.4 Å². The number of rotatable bonds is 2. The molecule has 4 rings (SSSR count). The van der Waals surface area contributed by atoms with Crippen LogP contribution in [0.15, 0.2) is 0 Å². The highest BCUT2D eigenvalue weighted by atomic mass is 16.7. The van der Waals surface area contributed by atoms with Crippen LogP contribution in [0.2, 0.25) is 0 Å². The molecular formula is C23H34O5. The molecule has 4 saturated carbocycles. The van der Waals surface area contributed by atoms with Crippen molar-refractivity contribution in [2.75, 3.05) is 0 Å². The molecule has 6 atom stereocenters. The van der Waals surface area contributed by atoms with E-state index in [0.29, 0.717) is 30.5 Å². The van der Waals surface area contributed by atoms with Crippen LogP contribution in [0.3, 0.4) is 0 Å². The summed E-state index contributed by atoms with van der Waals surface area (Å²) in [6.45, 7) is 7.23. The standard InChI is InChI=1S/C23H34O5/c1-14(24)27-23(28-15(2)25)12-9-18-16-13-20(26)19-7-5-6-10-21(19,3)17(16)8-11-22(18,23)4/h16-19H,5-13H2,1-4H3/t16-,17-,18+,19?,21-,22+/m1/s1. The van der Waals surface area contributed by atoms with Crippen LogP contribution < -0.4 is 0 Å². The summed E-state index contributed by atoms with van der Waals surface area (Å²) >= 11 is 0. The number of hydrogen-bond donors (Lipinski definition) is 0.